The molecule has 1 radical (unpaired) electrons. The molecule has 0 aromatic carbocycles. The van der Waals surface area contributed by atoms with Crippen LogP contribution >= 0.6 is 15.9 Å². The molecule has 2 fully saturated rings. The summed E-state index contributed by atoms with van der Waals surface area (Å²) in [6.07, 6.45) is 11.4. The summed E-state index contributed by atoms with van der Waals surface area (Å²) >= 11 is 3.30. The number of hydrogen-bond acceptors (Lipinski definition) is 2. The van der Waals surface area contributed by atoms with Gasteiger partial charge in [-0.1, -0.05) is 36.2 Å². The first-order chi connectivity index (χ1) is 10.0. The second-order valence-corrected chi connectivity index (χ2v) is 8.50. The van der Waals surface area contributed by atoms with Crippen LogP contribution < -0.4 is 0 Å². The van der Waals surface area contributed by atoms with Crippen LogP contribution in [-0.4, -0.2) is 28.8 Å². The van der Waals surface area contributed by atoms with Gasteiger partial charge in [-0.05, 0) is 74.5 Å². The van der Waals surface area contributed by atoms with Gasteiger partial charge in [-0.15, -0.1) is 0 Å². The van der Waals surface area contributed by atoms with Gasteiger partial charge in [0.2, 0.25) is 0 Å². The summed E-state index contributed by atoms with van der Waals surface area (Å²) in [6, 6.07) is 0. The molecule has 0 saturated heterocycles. The van der Waals surface area contributed by atoms with Gasteiger partial charge < -0.3 is 10.2 Å². The van der Waals surface area contributed by atoms with Crippen molar-refractivity contribution >= 4 is 15.9 Å². The van der Waals surface area contributed by atoms with Crippen molar-refractivity contribution in [3.05, 3.63) is 0 Å². The van der Waals surface area contributed by atoms with Crippen molar-refractivity contribution in [3.8, 4) is 0 Å². The Bertz CT molecular complexity index is 254. The maximum absolute atomic E-state index is 9.10. The molecule has 2 bridgehead atoms. The van der Waals surface area contributed by atoms with Crippen molar-refractivity contribution in [2.45, 2.75) is 71.6 Å². The topological polar surface area (TPSA) is 40.5 Å². The van der Waals surface area contributed by atoms with Crippen LogP contribution in [0.25, 0.3) is 0 Å². The maximum Gasteiger partial charge on any atom is 0.0436 e. The van der Waals surface area contributed by atoms with Crippen molar-refractivity contribution in [2.24, 2.45) is 23.2 Å². The number of unbranched alkanes of at least 4 members (excludes halogenated alkanes) is 2. The van der Waals surface area contributed by atoms with Crippen molar-refractivity contribution < 1.29 is 42.9 Å². The van der Waals surface area contributed by atoms with Crippen LogP contribution in [0.1, 0.15) is 71.6 Å². The summed E-state index contributed by atoms with van der Waals surface area (Å²) in [4.78, 5) is 0. The predicted molar refractivity (Wildman–Crippen MR) is 93.8 cm³/mol. The summed E-state index contributed by atoms with van der Waals surface area (Å²) in [7, 11) is 0. The Morgan fingerprint density at radius 3 is 2.00 bits per heavy atom. The van der Waals surface area contributed by atoms with Gasteiger partial charge in [0, 0.05) is 51.3 Å². The van der Waals surface area contributed by atoms with Crippen LogP contribution in [-0.2, 0) is 32.7 Å². The Morgan fingerprint density at radius 2 is 1.55 bits per heavy atom. The zero-order valence-corrected chi connectivity index (χ0v) is 19.0. The van der Waals surface area contributed by atoms with Crippen LogP contribution in [0.3, 0.4) is 0 Å². The summed E-state index contributed by atoms with van der Waals surface area (Å²) in [6.45, 7) is 5.52. The van der Waals surface area contributed by atoms with Gasteiger partial charge in [0.1, 0.15) is 0 Å². The Hall–Kier alpha value is 1.50. The molecule has 0 spiro atoms. The molecule has 0 heterocycles. The molecule has 2 unspecified atom stereocenters. The van der Waals surface area contributed by atoms with Gasteiger partial charge in [-0.2, -0.15) is 0 Å². The van der Waals surface area contributed by atoms with E-state index in [1.165, 1.54) is 38.5 Å². The standard InChI is InChI=1S/C13H24O.C5H11BrO.Y/c1-10-5-11-7-12(6-10)9-13(2,8-11)3-4-14;6-4-2-1-3-5-7;/h10-12,14H,3-9H2,1-2H3;7H,1-5H2;. The molecular formula is C18H35BrO2Y. The number of aliphatic hydroxyl groups excluding tert-OH is 2. The van der Waals surface area contributed by atoms with Crippen LogP contribution in [0.4, 0.5) is 0 Å². The molecule has 2 nitrogen and oxygen atoms in total. The fraction of sp³-hybridized carbons (Fsp3) is 1.00. The first kappa shape index (κ1) is 23.5. The summed E-state index contributed by atoms with van der Waals surface area (Å²) in [5.41, 5.74) is 0.461. The second kappa shape index (κ2) is 12.8. The van der Waals surface area contributed by atoms with Gasteiger partial charge in [0.05, 0.1) is 0 Å². The number of hydrogen-bond donors (Lipinski definition) is 2. The summed E-state index contributed by atoms with van der Waals surface area (Å²) in [5, 5.41) is 18.4. The van der Waals surface area contributed by atoms with Crippen LogP contribution in [0, 0.1) is 23.2 Å². The molecule has 0 aromatic rings. The number of aliphatic hydroxyl groups is 2. The molecule has 0 aromatic heterocycles. The third-order valence-electron chi connectivity index (χ3n) is 5.21. The molecule has 0 amide bonds. The van der Waals surface area contributed by atoms with E-state index in [0.717, 1.165) is 42.3 Å². The van der Waals surface area contributed by atoms with Crippen molar-refractivity contribution in [1.29, 1.82) is 0 Å². The maximum atomic E-state index is 9.10. The molecule has 2 saturated carbocycles. The van der Waals surface area contributed by atoms with E-state index in [-0.39, 0.29) is 32.7 Å². The SMILES string of the molecule is CC1CC2CC(C1)CC(C)(CCO)C2.OCCCCCBr.[Y]. The normalized spacial score (nSPS) is 33.4. The van der Waals surface area contributed by atoms with Gasteiger partial charge in [-0.25, -0.2) is 0 Å². The first-order valence-corrected chi connectivity index (χ1v) is 9.93. The van der Waals surface area contributed by atoms with Crippen molar-refractivity contribution in [1.82, 2.24) is 0 Å². The van der Waals surface area contributed by atoms with E-state index in [4.69, 9.17) is 10.2 Å². The van der Waals surface area contributed by atoms with Crippen molar-refractivity contribution in [3.63, 3.8) is 0 Å². The third-order valence-corrected chi connectivity index (χ3v) is 5.77. The van der Waals surface area contributed by atoms with Gasteiger partial charge in [0.25, 0.3) is 0 Å². The van der Waals surface area contributed by atoms with Gasteiger partial charge in [-0.3, -0.25) is 0 Å². The summed E-state index contributed by atoms with van der Waals surface area (Å²) in [5.74, 6) is 2.89. The average molecular weight is 452 g/mol. The van der Waals surface area contributed by atoms with E-state index >= 15 is 0 Å². The second-order valence-electron chi connectivity index (χ2n) is 7.71. The molecule has 2 rings (SSSR count). The Morgan fingerprint density at radius 1 is 0.955 bits per heavy atom. The minimum atomic E-state index is 0. The summed E-state index contributed by atoms with van der Waals surface area (Å²) < 4.78 is 0. The minimum absolute atomic E-state index is 0. The van der Waals surface area contributed by atoms with Crippen molar-refractivity contribution in [2.75, 3.05) is 18.5 Å². The van der Waals surface area contributed by atoms with Crippen LogP contribution in [0.2, 0.25) is 0 Å². The third kappa shape index (κ3) is 9.11. The van der Waals surface area contributed by atoms with E-state index in [1.54, 1.807) is 0 Å². The zero-order chi connectivity index (χ0) is 15.7. The first-order valence-electron chi connectivity index (χ1n) is 8.80. The number of halogens is 1. The Labute approximate surface area is 171 Å². The van der Waals surface area contributed by atoms with Gasteiger partial charge >= 0.3 is 0 Å². The van der Waals surface area contributed by atoms with Crippen LogP contribution in [0.5, 0.6) is 0 Å². The largest absolute Gasteiger partial charge is 0.396 e. The molecule has 129 valence electrons. The Kier molecular flexibility index (Phi) is 13.7. The van der Waals surface area contributed by atoms with E-state index in [1.807, 2.05) is 0 Å². The molecule has 0 aliphatic heterocycles. The van der Waals surface area contributed by atoms with E-state index in [2.05, 4.69) is 29.8 Å². The molecule has 2 N–H and O–H groups in total. The molecular weight excluding hydrogens is 417 g/mol. The van der Waals surface area contributed by atoms with E-state index < -0.39 is 0 Å². The predicted octanol–water partition coefficient (Wildman–Crippen LogP) is 4.76. The molecule has 4 heteroatoms. The fourth-order valence-electron chi connectivity index (χ4n) is 4.57. The van der Waals surface area contributed by atoms with Gasteiger partial charge in [0.15, 0.2) is 0 Å². The van der Waals surface area contributed by atoms with E-state index in [0.29, 0.717) is 18.6 Å². The Balaban J connectivity index is 0.000000478. The number of rotatable bonds is 6. The molecule has 2 atom stereocenters. The van der Waals surface area contributed by atoms with E-state index in [9.17, 15) is 0 Å². The molecule has 2 aliphatic rings. The average Bonchev–Trinajstić information content (AvgIpc) is 2.38. The molecule has 22 heavy (non-hydrogen) atoms. The molecule has 2 aliphatic carbocycles. The zero-order valence-electron chi connectivity index (χ0n) is 14.6. The fourth-order valence-corrected chi connectivity index (χ4v) is 4.96. The quantitative estimate of drug-likeness (QED) is 0.451. The minimum Gasteiger partial charge on any atom is -0.396 e. The monoisotopic (exact) mass is 451 g/mol. The number of alkyl halides is 1. The van der Waals surface area contributed by atoms with Crippen LogP contribution in [0.15, 0.2) is 0 Å². The number of fused-ring (bicyclic) bond motifs is 2. The smallest absolute Gasteiger partial charge is 0.0436 e.